The molecule has 0 aromatic carbocycles. The molecule has 1 rings (SSSR count). The van der Waals surface area contributed by atoms with Crippen LogP contribution in [0.1, 0.15) is 46.9 Å². The minimum absolute atomic E-state index is 0.396. The van der Waals surface area contributed by atoms with Crippen molar-refractivity contribution in [3.05, 3.63) is 12.2 Å². The highest BCUT2D eigenvalue weighted by Gasteiger charge is 2.15. The molecule has 0 fully saturated rings. The standard InChI is InChI=1S/C16H31N7O2/c1-6-17-14(20-11-13-22-21-12-23(13)7-2)18-9-8-10-19-15(24)25-16(3,4)5/h12H,6-11H2,1-5H3,(H,19,24)(H2,17,18,20). The Kier molecular flexibility index (Phi) is 8.73. The van der Waals surface area contributed by atoms with Crippen LogP contribution < -0.4 is 16.0 Å². The molecule has 0 radical (unpaired) electrons. The average molecular weight is 353 g/mol. The maximum Gasteiger partial charge on any atom is 0.407 e. The van der Waals surface area contributed by atoms with Gasteiger partial charge in [-0.05, 0) is 41.0 Å². The van der Waals surface area contributed by atoms with Crippen molar-refractivity contribution in [3.63, 3.8) is 0 Å². The lowest BCUT2D eigenvalue weighted by Gasteiger charge is -2.19. The summed E-state index contributed by atoms with van der Waals surface area (Å²) in [6.45, 7) is 12.8. The summed E-state index contributed by atoms with van der Waals surface area (Å²) >= 11 is 0. The van der Waals surface area contributed by atoms with Gasteiger partial charge in [0.05, 0.1) is 0 Å². The van der Waals surface area contributed by atoms with Crippen molar-refractivity contribution < 1.29 is 9.53 Å². The molecule has 0 saturated carbocycles. The van der Waals surface area contributed by atoms with Crippen LogP contribution in [0.4, 0.5) is 4.79 Å². The van der Waals surface area contributed by atoms with E-state index in [2.05, 4.69) is 31.1 Å². The van der Waals surface area contributed by atoms with Crippen LogP contribution in [0.3, 0.4) is 0 Å². The first kappa shape index (κ1) is 20.7. The number of hydrogen-bond acceptors (Lipinski definition) is 5. The maximum absolute atomic E-state index is 11.5. The van der Waals surface area contributed by atoms with E-state index in [9.17, 15) is 4.79 Å². The van der Waals surface area contributed by atoms with Crippen molar-refractivity contribution in [1.29, 1.82) is 0 Å². The van der Waals surface area contributed by atoms with Crippen molar-refractivity contribution in [2.75, 3.05) is 19.6 Å². The number of aryl methyl sites for hydroxylation is 1. The van der Waals surface area contributed by atoms with Crippen molar-refractivity contribution in [2.45, 2.75) is 59.7 Å². The molecular formula is C16H31N7O2. The number of amides is 1. The van der Waals surface area contributed by atoms with Crippen LogP contribution in [0.15, 0.2) is 11.3 Å². The molecule has 9 heteroatoms. The maximum atomic E-state index is 11.5. The van der Waals surface area contributed by atoms with Gasteiger partial charge in [0.25, 0.3) is 0 Å². The molecule has 1 heterocycles. The topological polar surface area (TPSA) is 105 Å². The average Bonchev–Trinajstić information content (AvgIpc) is 2.97. The third-order valence-corrected chi connectivity index (χ3v) is 3.07. The highest BCUT2D eigenvalue weighted by molar-refractivity contribution is 5.79. The molecule has 142 valence electrons. The lowest BCUT2D eigenvalue weighted by molar-refractivity contribution is 0.0527. The highest BCUT2D eigenvalue weighted by atomic mass is 16.6. The molecule has 0 unspecified atom stereocenters. The summed E-state index contributed by atoms with van der Waals surface area (Å²) in [7, 11) is 0. The largest absolute Gasteiger partial charge is 0.444 e. The van der Waals surface area contributed by atoms with Crippen LogP contribution >= 0.6 is 0 Å². The number of nitrogens with zero attached hydrogens (tertiary/aromatic N) is 4. The van der Waals surface area contributed by atoms with E-state index in [-0.39, 0.29) is 0 Å². The first-order valence-corrected chi connectivity index (χ1v) is 8.71. The Morgan fingerprint density at radius 2 is 1.96 bits per heavy atom. The van der Waals surface area contributed by atoms with Gasteiger partial charge in [-0.1, -0.05) is 0 Å². The number of nitrogens with one attached hydrogen (secondary N) is 3. The van der Waals surface area contributed by atoms with Gasteiger partial charge in [0, 0.05) is 26.2 Å². The third-order valence-electron chi connectivity index (χ3n) is 3.07. The van der Waals surface area contributed by atoms with E-state index in [1.54, 1.807) is 6.33 Å². The van der Waals surface area contributed by atoms with Crippen molar-refractivity contribution >= 4 is 12.1 Å². The fourth-order valence-corrected chi connectivity index (χ4v) is 1.96. The zero-order valence-electron chi connectivity index (χ0n) is 15.9. The molecule has 1 aromatic rings. The highest BCUT2D eigenvalue weighted by Crippen LogP contribution is 2.06. The van der Waals surface area contributed by atoms with Crippen LogP contribution in [-0.4, -0.2) is 52.1 Å². The second-order valence-corrected chi connectivity index (χ2v) is 6.44. The first-order chi connectivity index (χ1) is 11.9. The number of alkyl carbamates (subject to hydrolysis) is 1. The predicted octanol–water partition coefficient (Wildman–Crippen LogP) is 1.27. The van der Waals surface area contributed by atoms with Gasteiger partial charge in [-0.2, -0.15) is 0 Å². The van der Waals surface area contributed by atoms with E-state index < -0.39 is 11.7 Å². The molecule has 0 spiro atoms. The SMILES string of the molecule is CCNC(=NCc1nncn1CC)NCCCNC(=O)OC(C)(C)C. The Balaban J connectivity index is 2.33. The van der Waals surface area contributed by atoms with Gasteiger partial charge in [0.1, 0.15) is 18.5 Å². The minimum atomic E-state index is -0.480. The van der Waals surface area contributed by atoms with Crippen molar-refractivity contribution in [1.82, 2.24) is 30.7 Å². The second-order valence-electron chi connectivity index (χ2n) is 6.44. The van der Waals surface area contributed by atoms with Gasteiger partial charge in [0.15, 0.2) is 11.8 Å². The lowest BCUT2D eigenvalue weighted by Crippen LogP contribution is -2.39. The quantitative estimate of drug-likeness (QED) is 0.369. The lowest BCUT2D eigenvalue weighted by atomic mass is 10.2. The number of carbonyl (C=O) groups excluding carboxylic acids is 1. The zero-order chi connectivity index (χ0) is 18.7. The summed E-state index contributed by atoms with van der Waals surface area (Å²) in [6.07, 6.45) is 2.06. The molecular weight excluding hydrogens is 322 g/mol. The zero-order valence-corrected chi connectivity index (χ0v) is 15.9. The number of rotatable bonds is 8. The number of hydrogen-bond donors (Lipinski definition) is 3. The summed E-state index contributed by atoms with van der Waals surface area (Å²) in [5, 5.41) is 17.1. The summed E-state index contributed by atoms with van der Waals surface area (Å²) in [4.78, 5) is 16.1. The number of aromatic nitrogens is 3. The summed E-state index contributed by atoms with van der Waals surface area (Å²) in [5.41, 5.74) is -0.480. The fourth-order valence-electron chi connectivity index (χ4n) is 1.96. The van der Waals surface area contributed by atoms with E-state index in [0.29, 0.717) is 25.6 Å². The Bertz CT molecular complexity index is 549. The van der Waals surface area contributed by atoms with Crippen LogP contribution in [0.2, 0.25) is 0 Å². The molecule has 0 bridgehead atoms. The normalized spacial score (nSPS) is 12.0. The predicted molar refractivity (Wildman–Crippen MR) is 97.4 cm³/mol. The number of guanidine groups is 1. The number of carbonyl (C=O) groups is 1. The third kappa shape index (κ3) is 8.92. The minimum Gasteiger partial charge on any atom is -0.444 e. The van der Waals surface area contributed by atoms with Gasteiger partial charge >= 0.3 is 6.09 Å². The molecule has 1 aromatic heterocycles. The van der Waals surface area contributed by atoms with Crippen LogP contribution in [-0.2, 0) is 17.8 Å². The first-order valence-electron chi connectivity index (χ1n) is 8.71. The van der Waals surface area contributed by atoms with Gasteiger partial charge in [0.2, 0.25) is 0 Å². The molecule has 9 nitrogen and oxygen atoms in total. The molecule has 0 aliphatic rings. The molecule has 0 aliphatic heterocycles. The Labute approximate surface area is 149 Å². The molecule has 3 N–H and O–H groups in total. The molecule has 0 atom stereocenters. The van der Waals surface area contributed by atoms with E-state index in [1.807, 2.05) is 39.2 Å². The molecule has 25 heavy (non-hydrogen) atoms. The Morgan fingerprint density at radius 1 is 1.24 bits per heavy atom. The number of ether oxygens (including phenoxy) is 1. The smallest absolute Gasteiger partial charge is 0.407 e. The van der Waals surface area contributed by atoms with E-state index in [4.69, 9.17) is 4.74 Å². The fraction of sp³-hybridized carbons (Fsp3) is 0.750. The van der Waals surface area contributed by atoms with E-state index in [1.165, 1.54) is 0 Å². The van der Waals surface area contributed by atoms with E-state index in [0.717, 1.165) is 25.3 Å². The second kappa shape index (κ2) is 10.5. The molecule has 0 aliphatic carbocycles. The van der Waals surface area contributed by atoms with Crippen LogP contribution in [0.5, 0.6) is 0 Å². The monoisotopic (exact) mass is 353 g/mol. The van der Waals surface area contributed by atoms with Gasteiger partial charge in [-0.15, -0.1) is 10.2 Å². The summed E-state index contributed by atoms with van der Waals surface area (Å²) in [6, 6.07) is 0. The Morgan fingerprint density at radius 3 is 2.60 bits per heavy atom. The van der Waals surface area contributed by atoms with Crippen molar-refractivity contribution in [2.24, 2.45) is 4.99 Å². The Hall–Kier alpha value is -2.32. The van der Waals surface area contributed by atoms with E-state index >= 15 is 0 Å². The summed E-state index contributed by atoms with van der Waals surface area (Å²) in [5.74, 6) is 1.54. The van der Waals surface area contributed by atoms with Gasteiger partial charge in [-0.3, -0.25) is 0 Å². The van der Waals surface area contributed by atoms with Crippen LogP contribution in [0, 0.1) is 0 Å². The molecule has 1 amide bonds. The van der Waals surface area contributed by atoms with Gasteiger partial charge < -0.3 is 25.3 Å². The molecule has 0 saturated heterocycles. The van der Waals surface area contributed by atoms with Crippen molar-refractivity contribution in [3.8, 4) is 0 Å². The number of aliphatic imine (C=N–C) groups is 1. The summed E-state index contributed by atoms with van der Waals surface area (Å²) < 4.78 is 7.14. The van der Waals surface area contributed by atoms with Gasteiger partial charge in [-0.25, -0.2) is 9.79 Å². The van der Waals surface area contributed by atoms with Crippen LogP contribution in [0.25, 0.3) is 0 Å².